The van der Waals surface area contributed by atoms with E-state index in [0.29, 0.717) is 24.7 Å². The van der Waals surface area contributed by atoms with Crippen molar-refractivity contribution in [2.24, 2.45) is 0 Å². The number of ether oxygens (including phenoxy) is 1. The fourth-order valence-electron chi connectivity index (χ4n) is 2.10. The number of hydrogen-bond acceptors (Lipinski definition) is 3. The number of rotatable bonds is 4. The molecule has 1 saturated heterocycles. The largest absolute Gasteiger partial charge is 0.371 e. The van der Waals surface area contributed by atoms with Crippen LogP contribution in [-0.2, 0) is 14.9 Å². The van der Waals surface area contributed by atoms with Crippen LogP contribution in [0.2, 0.25) is 5.02 Å². The molecule has 0 radical (unpaired) electrons. The zero-order chi connectivity index (χ0) is 14.8. The molecule has 1 N–H and O–H groups in total. The molecule has 0 aromatic heterocycles. The Morgan fingerprint density at radius 3 is 2.60 bits per heavy atom. The summed E-state index contributed by atoms with van der Waals surface area (Å²) < 4.78 is 34.0. The number of morpholine rings is 1. The van der Waals surface area contributed by atoms with Gasteiger partial charge in [0.05, 0.1) is 12.7 Å². The second-order valence-electron chi connectivity index (χ2n) is 5.05. The Morgan fingerprint density at radius 1 is 1.35 bits per heavy atom. The summed E-state index contributed by atoms with van der Waals surface area (Å²) in [6, 6.07) is 7.15. The molecule has 1 atom stereocenters. The smallest absolute Gasteiger partial charge is 0.279 e. The number of benzene rings is 1. The van der Waals surface area contributed by atoms with Gasteiger partial charge in [-0.05, 0) is 31.5 Å². The van der Waals surface area contributed by atoms with Crippen LogP contribution in [0.25, 0.3) is 0 Å². The number of nitrogens with one attached hydrogen (secondary N) is 1. The SMILES string of the molecule is CC(C)NS(=O)(=O)N1CCOC(c2ccc(Cl)cc2)C1. The van der Waals surface area contributed by atoms with E-state index in [9.17, 15) is 8.42 Å². The molecule has 5 nitrogen and oxygen atoms in total. The van der Waals surface area contributed by atoms with Gasteiger partial charge >= 0.3 is 0 Å². The second kappa shape index (κ2) is 6.41. The third kappa shape index (κ3) is 3.93. The topological polar surface area (TPSA) is 58.6 Å². The summed E-state index contributed by atoms with van der Waals surface area (Å²) in [6.07, 6.45) is -0.259. The maximum atomic E-state index is 12.2. The maximum Gasteiger partial charge on any atom is 0.279 e. The van der Waals surface area contributed by atoms with Gasteiger partial charge in [0, 0.05) is 24.2 Å². The van der Waals surface area contributed by atoms with Crippen molar-refractivity contribution >= 4 is 21.8 Å². The molecule has 1 heterocycles. The van der Waals surface area contributed by atoms with Gasteiger partial charge in [-0.2, -0.15) is 17.4 Å². The number of halogens is 1. The van der Waals surface area contributed by atoms with E-state index in [1.165, 1.54) is 4.31 Å². The van der Waals surface area contributed by atoms with Crippen LogP contribution in [-0.4, -0.2) is 38.5 Å². The lowest BCUT2D eigenvalue weighted by molar-refractivity contribution is -0.00299. The molecule has 1 aromatic rings. The van der Waals surface area contributed by atoms with Crippen LogP contribution in [0.4, 0.5) is 0 Å². The molecule has 2 rings (SSSR count). The van der Waals surface area contributed by atoms with Crippen molar-refractivity contribution < 1.29 is 13.2 Å². The van der Waals surface area contributed by atoms with Crippen molar-refractivity contribution in [3.8, 4) is 0 Å². The molecule has 7 heteroatoms. The Bertz CT molecular complexity index is 545. The molecule has 20 heavy (non-hydrogen) atoms. The molecule has 1 fully saturated rings. The maximum absolute atomic E-state index is 12.2. The van der Waals surface area contributed by atoms with Crippen molar-refractivity contribution in [3.63, 3.8) is 0 Å². The molecular weight excluding hydrogens is 300 g/mol. The van der Waals surface area contributed by atoms with E-state index in [2.05, 4.69) is 4.72 Å². The predicted molar refractivity (Wildman–Crippen MR) is 78.9 cm³/mol. The second-order valence-corrected chi connectivity index (χ2v) is 7.19. The highest BCUT2D eigenvalue weighted by Gasteiger charge is 2.30. The van der Waals surface area contributed by atoms with Crippen LogP contribution in [0, 0.1) is 0 Å². The summed E-state index contributed by atoms with van der Waals surface area (Å²) in [5.41, 5.74) is 0.929. The summed E-state index contributed by atoms with van der Waals surface area (Å²) in [5, 5.41) is 0.649. The van der Waals surface area contributed by atoms with Gasteiger partial charge in [-0.3, -0.25) is 0 Å². The Balaban J connectivity index is 2.10. The molecule has 1 unspecified atom stereocenters. The average Bonchev–Trinajstić information content (AvgIpc) is 2.38. The normalized spacial score (nSPS) is 21.3. The molecule has 112 valence electrons. The third-order valence-corrected chi connectivity index (χ3v) is 5.03. The third-order valence-electron chi connectivity index (χ3n) is 3.00. The van der Waals surface area contributed by atoms with Crippen LogP contribution in [0.3, 0.4) is 0 Å². The Morgan fingerprint density at radius 2 is 2.00 bits per heavy atom. The van der Waals surface area contributed by atoms with E-state index >= 15 is 0 Å². The molecule has 0 bridgehead atoms. The van der Waals surface area contributed by atoms with Gasteiger partial charge in [-0.25, -0.2) is 0 Å². The molecule has 0 amide bonds. The summed E-state index contributed by atoms with van der Waals surface area (Å²) in [6.45, 7) is 4.66. The Labute approximate surface area is 125 Å². The van der Waals surface area contributed by atoms with E-state index in [1.807, 2.05) is 12.1 Å². The fraction of sp³-hybridized carbons (Fsp3) is 0.538. The Hall–Kier alpha value is -0.660. The first-order chi connectivity index (χ1) is 9.38. The van der Waals surface area contributed by atoms with Crippen molar-refractivity contribution in [3.05, 3.63) is 34.9 Å². The van der Waals surface area contributed by atoms with Crippen molar-refractivity contribution in [1.82, 2.24) is 9.03 Å². The summed E-state index contributed by atoms with van der Waals surface area (Å²) in [7, 11) is -3.45. The van der Waals surface area contributed by atoms with Crippen LogP contribution in [0.5, 0.6) is 0 Å². The van der Waals surface area contributed by atoms with E-state index in [0.717, 1.165) is 5.56 Å². The lowest BCUT2D eigenvalue weighted by Gasteiger charge is -2.32. The van der Waals surface area contributed by atoms with Crippen LogP contribution in [0.1, 0.15) is 25.5 Å². The van der Waals surface area contributed by atoms with Gasteiger partial charge in [0.15, 0.2) is 0 Å². The van der Waals surface area contributed by atoms with Crippen molar-refractivity contribution in [2.45, 2.75) is 26.0 Å². The fourth-order valence-corrected chi connectivity index (χ4v) is 3.61. The van der Waals surface area contributed by atoms with Crippen LogP contribution in [0.15, 0.2) is 24.3 Å². The van der Waals surface area contributed by atoms with Gasteiger partial charge < -0.3 is 4.74 Å². The quantitative estimate of drug-likeness (QED) is 0.923. The first kappa shape index (κ1) is 15.7. The van der Waals surface area contributed by atoms with Gasteiger partial charge in [-0.15, -0.1) is 0 Å². The van der Waals surface area contributed by atoms with Crippen LogP contribution >= 0.6 is 11.6 Å². The first-order valence-corrected chi connectivity index (χ1v) is 8.35. The highest BCUT2D eigenvalue weighted by atomic mass is 35.5. The van der Waals surface area contributed by atoms with E-state index in [4.69, 9.17) is 16.3 Å². The number of nitrogens with zero attached hydrogens (tertiary/aromatic N) is 1. The minimum absolute atomic E-state index is 0.128. The summed E-state index contributed by atoms with van der Waals surface area (Å²) in [5.74, 6) is 0. The first-order valence-electron chi connectivity index (χ1n) is 6.53. The summed E-state index contributed by atoms with van der Waals surface area (Å²) >= 11 is 5.85. The minimum atomic E-state index is -3.45. The van der Waals surface area contributed by atoms with Gasteiger partial charge in [-0.1, -0.05) is 23.7 Å². The molecule has 0 aliphatic carbocycles. The molecule has 0 saturated carbocycles. The standard InChI is InChI=1S/C13H19ClN2O3S/c1-10(2)15-20(17,18)16-7-8-19-13(9-16)11-3-5-12(14)6-4-11/h3-6,10,13,15H,7-9H2,1-2H3. The Kier molecular flexibility index (Phi) is 5.04. The molecule has 1 aromatic carbocycles. The monoisotopic (exact) mass is 318 g/mol. The zero-order valence-corrected chi connectivity index (χ0v) is 13.1. The molecule has 1 aliphatic heterocycles. The van der Waals surface area contributed by atoms with Gasteiger partial charge in [0.2, 0.25) is 0 Å². The van der Waals surface area contributed by atoms with Crippen molar-refractivity contribution in [2.75, 3.05) is 19.7 Å². The highest BCUT2D eigenvalue weighted by molar-refractivity contribution is 7.87. The highest BCUT2D eigenvalue weighted by Crippen LogP contribution is 2.24. The average molecular weight is 319 g/mol. The molecule has 1 aliphatic rings. The number of hydrogen-bond donors (Lipinski definition) is 1. The lowest BCUT2D eigenvalue weighted by atomic mass is 10.1. The molecular formula is C13H19ClN2O3S. The lowest BCUT2D eigenvalue weighted by Crippen LogP contribution is -2.49. The van der Waals surface area contributed by atoms with Crippen molar-refractivity contribution in [1.29, 1.82) is 0 Å². The molecule has 0 spiro atoms. The van der Waals surface area contributed by atoms with Gasteiger partial charge in [0.1, 0.15) is 0 Å². The van der Waals surface area contributed by atoms with E-state index in [1.54, 1.807) is 26.0 Å². The van der Waals surface area contributed by atoms with E-state index in [-0.39, 0.29) is 12.1 Å². The summed E-state index contributed by atoms with van der Waals surface area (Å²) in [4.78, 5) is 0. The minimum Gasteiger partial charge on any atom is -0.371 e. The van der Waals surface area contributed by atoms with E-state index < -0.39 is 10.2 Å². The predicted octanol–water partition coefficient (Wildman–Crippen LogP) is 1.96. The van der Waals surface area contributed by atoms with Gasteiger partial charge in [0.25, 0.3) is 10.2 Å². The zero-order valence-electron chi connectivity index (χ0n) is 11.5. The van der Waals surface area contributed by atoms with Crippen LogP contribution < -0.4 is 4.72 Å².